The first-order chi connectivity index (χ1) is 11.6. The molecular formula is C18H31ClIN5. The predicted octanol–water partition coefficient (Wildman–Crippen LogP) is 2.30. The van der Waals surface area contributed by atoms with E-state index in [1.165, 1.54) is 5.56 Å². The molecule has 1 aromatic carbocycles. The Morgan fingerprint density at radius 3 is 2.60 bits per heavy atom. The molecule has 1 aliphatic heterocycles. The fourth-order valence-electron chi connectivity index (χ4n) is 2.81. The molecule has 0 radical (unpaired) electrons. The van der Waals surface area contributed by atoms with Gasteiger partial charge in [-0.05, 0) is 45.1 Å². The van der Waals surface area contributed by atoms with E-state index < -0.39 is 0 Å². The molecule has 1 saturated heterocycles. The quantitative estimate of drug-likeness (QED) is 0.373. The number of hydrogen-bond acceptors (Lipinski definition) is 3. The first kappa shape index (κ1) is 22.5. The Morgan fingerprint density at radius 1 is 1.20 bits per heavy atom. The van der Waals surface area contributed by atoms with Gasteiger partial charge in [0, 0.05) is 43.8 Å². The molecule has 7 heteroatoms. The SMILES string of the molecule is CCNC(=NCC1CN(C)CCN1C)NCCc1ccc(Cl)cc1.I. The summed E-state index contributed by atoms with van der Waals surface area (Å²) < 4.78 is 0. The molecule has 1 fully saturated rings. The van der Waals surface area contributed by atoms with E-state index in [4.69, 9.17) is 16.6 Å². The van der Waals surface area contributed by atoms with Crippen molar-refractivity contribution in [1.29, 1.82) is 0 Å². The van der Waals surface area contributed by atoms with Gasteiger partial charge in [-0.3, -0.25) is 9.89 Å². The predicted molar refractivity (Wildman–Crippen MR) is 118 cm³/mol. The zero-order chi connectivity index (χ0) is 17.4. The summed E-state index contributed by atoms with van der Waals surface area (Å²) in [6.45, 7) is 7.95. The molecule has 2 N–H and O–H groups in total. The van der Waals surface area contributed by atoms with Crippen molar-refractivity contribution >= 4 is 41.5 Å². The Bertz CT molecular complexity index is 523. The second-order valence-electron chi connectivity index (χ2n) is 6.42. The molecule has 0 amide bonds. The average Bonchev–Trinajstić information content (AvgIpc) is 2.57. The number of halogens is 2. The number of nitrogens with zero attached hydrogens (tertiary/aromatic N) is 3. The molecule has 1 aromatic rings. The van der Waals surface area contributed by atoms with E-state index in [1.54, 1.807) is 0 Å². The second-order valence-corrected chi connectivity index (χ2v) is 6.86. The summed E-state index contributed by atoms with van der Waals surface area (Å²) in [5, 5.41) is 7.53. The summed E-state index contributed by atoms with van der Waals surface area (Å²) >= 11 is 5.92. The number of guanidine groups is 1. The average molecular weight is 480 g/mol. The highest BCUT2D eigenvalue weighted by Gasteiger charge is 2.21. The minimum atomic E-state index is 0. The molecule has 1 heterocycles. The second kappa shape index (κ2) is 11.9. The van der Waals surface area contributed by atoms with Crippen molar-refractivity contribution in [2.24, 2.45) is 4.99 Å². The number of rotatable bonds is 6. The zero-order valence-corrected chi connectivity index (χ0v) is 18.6. The van der Waals surface area contributed by atoms with Crippen LogP contribution in [0.25, 0.3) is 0 Å². The monoisotopic (exact) mass is 479 g/mol. The van der Waals surface area contributed by atoms with Gasteiger partial charge in [0.2, 0.25) is 0 Å². The van der Waals surface area contributed by atoms with Gasteiger partial charge in [-0.2, -0.15) is 0 Å². The van der Waals surface area contributed by atoms with Crippen LogP contribution < -0.4 is 10.6 Å². The summed E-state index contributed by atoms with van der Waals surface area (Å²) in [5.74, 6) is 0.896. The van der Waals surface area contributed by atoms with E-state index in [0.717, 1.165) is 56.7 Å². The van der Waals surface area contributed by atoms with Gasteiger partial charge in [-0.1, -0.05) is 23.7 Å². The van der Waals surface area contributed by atoms with Crippen molar-refractivity contribution < 1.29 is 0 Å². The first-order valence-corrected chi connectivity index (χ1v) is 9.11. The van der Waals surface area contributed by atoms with Crippen LogP contribution in [0.3, 0.4) is 0 Å². The van der Waals surface area contributed by atoms with Gasteiger partial charge in [-0.25, -0.2) is 0 Å². The van der Waals surface area contributed by atoms with Crippen molar-refractivity contribution in [3.8, 4) is 0 Å². The Labute approximate surface area is 174 Å². The molecule has 0 aliphatic carbocycles. The maximum Gasteiger partial charge on any atom is 0.191 e. The lowest BCUT2D eigenvalue weighted by Crippen LogP contribution is -2.51. The van der Waals surface area contributed by atoms with E-state index >= 15 is 0 Å². The molecule has 1 unspecified atom stereocenters. The Balaban J connectivity index is 0.00000312. The molecule has 0 saturated carbocycles. The molecule has 0 spiro atoms. The van der Waals surface area contributed by atoms with Gasteiger partial charge in [0.15, 0.2) is 5.96 Å². The molecule has 5 nitrogen and oxygen atoms in total. The molecule has 0 bridgehead atoms. The topological polar surface area (TPSA) is 42.9 Å². The van der Waals surface area contributed by atoms with Gasteiger partial charge in [0.05, 0.1) is 6.54 Å². The lowest BCUT2D eigenvalue weighted by Gasteiger charge is -2.36. The highest BCUT2D eigenvalue weighted by Crippen LogP contribution is 2.09. The molecule has 2 rings (SSSR count). The largest absolute Gasteiger partial charge is 0.357 e. The lowest BCUT2D eigenvalue weighted by atomic mass is 10.1. The van der Waals surface area contributed by atoms with Crippen LogP contribution in [-0.4, -0.2) is 75.2 Å². The van der Waals surface area contributed by atoms with E-state index in [0.29, 0.717) is 6.04 Å². The molecule has 1 atom stereocenters. The van der Waals surface area contributed by atoms with Gasteiger partial charge in [-0.15, -0.1) is 24.0 Å². The molecule has 0 aromatic heterocycles. The summed E-state index contributed by atoms with van der Waals surface area (Å²) in [5.41, 5.74) is 1.27. The van der Waals surface area contributed by atoms with Crippen molar-refractivity contribution in [3.05, 3.63) is 34.9 Å². The first-order valence-electron chi connectivity index (χ1n) is 8.74. The van der Waals surface area contributed by atoms with Crippen LogP contribution in [-0.2, 0) is 6.42 Å². The maximum atomic E-state index is 5.92. The van der Waals surface area contributed by atoms with Crippen molar-refractivity contribution in [3.63, 3.8) is 0 Å². The fourth-order valence-corrected chi connectivity index (χ4v) is 2.94. The summed E-state index contributed by atoms with van der Waals surface area (Å²) in [7, 11) is 4.37. The molecule has 1 aliphatic rings. The number of hydrogen-bond donors (Lipinski definition) is 2. The van der Waals surface area contributed by atoms with Crippen LogP contribution in [0.15, 0.2) is 29.3 Å². The number of piperazine rings is 1. The summed E-state index contributed by atoms with van der Waals surface area (Å²) in [6.07, 6.45) is 0.952. The third-order valence-electron chi connectivity index (χ3n) is 4.40. The Kier molecular flexibility index (Phi) is 10.7. The lowest BCUT2D eigenvalue weighted by molar-refractivity contribution is 0.119. The van der Waals surface area contributed by atoms with Crippen LogP contribution in [0, 0.1) is 0 Å². The van der Waals surface area contributed by atoms with Gasteiger partial charge < -0.3 is 15.5 Å². The van der Waals surface area contributed by atoms with Gasteiger partial charge in [0.25, 0.3) is 0 Å². The Morgan fingerprint density at radius 2 is 1.92 bits per heavy atom. The minimum Gasteiger partial charge on any atom is -0.357 e. The minimum absolute atomic E-state index is 0. The highest BCUT2D eigenvalue weighted by atomic mass is 127. The van der Waals surface area contributed by atoms with Crippen LogP contribution in [0.5, 0.6) is 0 Å². The zero-order valence-electron chi connectivity index (χ0n) is 15.5. The third kappa shape index (κ3) is 8.11. The smallest absolute Gasteiger partial charge is 0.191 e. The van der Waals surface area contributed by atoms with Gasteiger partial charge >= 0.3 is 0 Å². The van der Waals surface area contributed by atoms with Crippen LogP contribution in [0.2, 0.25) is 5.02 Å². The van der Waals surface area contributed by atoms with Crippen molar-refractivity contribution in [2.75, 3.05) is 53.4 Å². The fraction of sp³-hybridized carbons (Fsp3) is 0.611. The van der Waals surface area contributed by atoms with Crippen molar-refractivity contribution in [1.82, 2.24) is 20.4 Å². The van der Waals surface area contributed by atoms with E-state index in [-0.39, 0.29) is 24.0 Å². The van der Waals surface area contributed by atoms with E-state index in [9.17, 15) is 0 Å². The van der Waals surface area contributed by atoms with E-state index in [2.05, 4.69) is 53.6 Å². The highest BCUT2D eigenvalue weighted by molar-refractivity contribution is 14.0. The van der Waals surface area contributed by atoms with E-state index in [1.807, 2.05) is 12.1 Å². The maximum absolute atomic E-state index is 5.92. The Hall–Kier alpha value is -0.570. The summed E-state index contributed by atoms with van der Waals surface area (Å²) in [4.78, 5) is 9.55. The number of benzene rings is 1. The molecular weight excluding hydrogens is 449 g/mol. The molecule has 142 valence electrons. The van der Waals surface area contributed by atoms with Crippen LogP contribution in [0.1, 0.15) is 12.5 Å². The normalized spacial score (nSPS) is 19.4. The van der Waals surface area contributed by atoms with Gasteiger partial charge in [0.1, 0.15) is 0 Å². The van der Waals surface area contributed by atoms with Crippen LogP contribution in [0.4, 0.5) is 0 Å². The number of aliphatic imine (C=N–C) groups is 1. The number of nitrogens with one attached hydrogen (secondary N) is 2. The van der Waals surface area contributed by atoms with Crippen molar-refractivity contribution in [2.45, 2.75) is 19.4 Å². The summed E-state index contributed by atoms with van der Waals surface area (Å²) in [6, 6.07) is 8.49. The van der Waals surface area contributed by atoms with Crippen LogP contribution >= 0.6 is 35.6 Å². The standard InChI is InChI=1S/C18H30ClN5.HI/c1-4-20-18(21-10-9-15-5-7-16(19)8-6-15)22-13-17-14-23(2)11-12-24(17)3;/h5-8,17H,4,9-14H2,1-3H3,(H2,20,21,22);1H. The number of likely N-dealkylation sites (N-methyl/N-ethyl adjacent to an activating group) is 2. The molecule has 25 heavy (non-hydrogen) atoms. The third-order valence-corrected chi connectivity index (χ3v) is 4.66.